The van der Waals surface area contributed by atoms with Crippen molar-refractivity contribution in [3.05, 3.63) is 53.5 Å². The van der Waals surface area contributed by atoms with Crippen LogP contribution in [-0.2, 0) is 13.0 Å². The van der Waals surface area contributed by atoms with Crippen molar-refractivity contribution in [2.45, 2.75) is 39.7 Å². The summed E-state index contributed by atoms with van der Waals surface area (Å²) in [5.74, 6) is 1.57. The predicted octanol–water partition coefficient (Wildman–Crippen LogP) is 4.15. The van der Waals surface area contributed by atoms with Gasteiger partial charge in [0.15, 0.2) is 5.65 Å². The Labute approximate surface area is 176 Å². The molecule has 7 nitrogen and oxygen atoms in total. The Bertz CT molecular complexity index is 1020. The number of pyridine rings is 1. The highest BCUT2D eigenvalue weighted by Crippen LogP contribution is 2.21. The number of fused-ring (bicyclic) bond motifs is 1. The Balaban J connectivity index is 1.38. The van der Waals surface area contributed by atoms with Crippen molar-refractivity contribution in [3.8, 4) is 0 Å². The number of anilines is 1. The molecule has 0 radical (unpaired) electrons. The molecular weight excluding hydrogens is 378 g/mol. The molecule has 4 rings (SSSR count). The number of nitrogens with one attached hydrogen (secondary N) is 1. The first kappa shape index (κ1) is 20.2. The highest BCUT2D eigenvalue weighted by atomic mass is 16.4. The summed E-state index contributed by atoms with van der Waals surface area (Å²) in [5.41, 5.74) is 5.40. The summed E-state index contributed by atoms with van der Waals surface area (Å²) in [7, 11) is 0. The number of rotatable bonds is 6. The van der Waals surface area contributed by atoms with E-state index in [1.165, 1.54) is 10.5 Å². The van der Waals surface area contributed by atoms with Crippen LogP contribution in [0.5, 0.6) is 0 Å². The number of carboxylic acid groups (broad SMARTS) is 1. The molecular formula is C23H29N5O2. The van der Waals surface area contributed by atoms with Gasteiger partial charge in [-0.05, 0) is 55.0 Å². The molecule has 3 aromatic rings. The number of carbonyl (C=O) groups is 1. The molecule has 1 aliphatic rings. The summed E-state index contributed by atoms with van der Waals surface area (Å²) in [6.45, 7) is 7.10. The van der Waals surface area contributed by atoms with Crippen molar-refractivity contribution >= 4 is 22.9 Å². The Kier molecular flexibility index (Phi) is 5.88. The summed E-state index contributed by atoms with van der Waals surface area (Å²) in [6, 6.07) is 10.5. The highest BCUT2D eigenvalue weighted by molar-refractivity contribution is 5.75. The van der Waals surface area contributed by atoms with Crippen molar-refractivity contribution in [1.82, 2.24) is 19.4 Å². The van der Waals surface area contributed by atoms with Gasteiger partial charge in [0.05, 0.1) is 6.54 Å². The number of amides is 1. The largest absolute Gasteiger partial charge is 0.465 e. The van der Waals surface area contributed by atoms with Crippen LogP contribution in [0, 0.1) is 12.8 Å². The Morgan fingerprint density at radius 1 is 1.20 bits per heavy atom. The van der Waals surface area contributed by atoms with Crippen LogP contribution in [0.25, 0.3) is 11.2 Å². The molecule has 1 aliphatic heterocycles. The van der Waals surface area contributed by atoms with Gasteiger partial charge in [0, 0.05) is 37.9 Å². The summed E-state index contributed by atoms with van der Waals surface area (Å²) in [6.07, 6.45) is 3.74. The van der Waals surface area contributed by atoms with E-state index >= 15 is 0 Å². The molecule has 1 amide bonds. The quantitative estimate of drug-likeness (QED) is 0.641. The van der Waals surface area contributed by atoms with Crippen molar-refractivity contribution in [2.75, 3.05) is 25.0 Å². The first-order chi connectivity index (χ1) is 14.5. The van der Waals surface area contributed by atoms with Gasteiger partial charge in [0.2, 0.25) is 0 Å². The van der Waals surface area contributed by atoms with Gasteiger partial charge in [-0.2, -0.15) is 0 Å². The van der Waals surface area contributed by atoms with Gasteiger partial charge in [-0.3, -0.25) is 0 Å². The average Bonchev–Trinajstić information content (AvgIpc) is 3.12. The van der Waals surface area contributed by atoms with E-state index in [9.17, 15) is 4.79 Å². The van der Waals surface area contributed by atoms with E-state index in [0.717, 1.165) is 60.6 Å². The maximum Gasteiger partial charge on any atom is 0.407 e. The van der Waals surface area contributed by atoms with Crippen molar-refractivity contribution in [1.29, 1.82) is 0 Å². The van der Waals surface area contributed by atoms with E-state index < -0.39 is 6.09 Å². The zero-order valence-electron chi connectivity index (χ0n) is 17.6. The smallest absolute Gasteiger partial charge is 0.407 e. The molecule has 1 saturated heterocycles. The highest BCUT2D eigenvalue weighted by Gasteiger charge is 2.22. The van der Waals surface area contributed by atoms with Crippen molar-refractivity contribution < 1.29 is 9.90 Å². The lowest BCUT2D eigenvalue weighted by atomic mass is 9.97. The fourth-order valence-corrected chi connectivity index (χ4v) is 4.12. The first-order valence-corrected chi connectivity index (χ1v) is 10.7. The van der Waals surface area contributed by atoms with Crippen molar-refractivity contribution in [2.24, 2.45) is 5.92 Å². The maximum atomic E-state index is 11.0. The Hall–Kier alpha value is -3.09. The summed E-state index contributed by atoms with van der Waals surface area (Å²) in [5, 5.41) is 12.6. The van der Waals surface area contributed by atoms with Crippen molar-refractivity contribution in [3.63, 3.8) is 0 Å². The van der Waals surface area contributed by atoms with Gasteiger partial charge >= 0.3 is 6.09 Å². The van der Waals surface area contributed by atoms with E-state index in [4.69, 9.17) is 10.1 Å². The normalized spacial score (nSPS) is 14.9. The van der Waals surface area contributed by atoms with E-state index in [1.807, 2.05) is 12.3 Å². The van der Waals surface area contributed by atoms with Gasteiger partial charge in [-0.1, -0.05) is 19.1 Å². The van der Waals surface area contributed by atoms with Gasteiger partial charge in [0.25, 0.3) is 0 Å². The maximum absolute atomic E-state index is 11.0. The summed E-state index contributed by atoms with van der Waals surface area (Å²) >= 11 is 0. The van der Waals surface area contributed by atoms with Crippen LogP contribution in [0.2, 0.25) is 0 Å². The molecule has 0 bridgehead atoms. The monoisotopic (exact) mass is 407 g/mol. The number of hydrogen-bond donors (Lipinski definition) is 2. The fourth-order valence-electron chi connectivity index (χ4n) is 4.12. The standard InChI is InChI=1S/C23H29N5O2/c1-3-20-26-21-16(2)8-11-24-22(21)28(20)15-18-4-6-19(7-5-18)25-14-17-9-12-27(13-10-17)23(29)30/h4-8,11,17,25H,3,9-10,12-15H2,1-2H3,(H,29,30). The minimum atomic E-state index is -0.806. The first-order valence-electron chi connectivity index (χ1n) is 10.7. The minimum Gasteiger partial charge on any atom is -0.465 e. The van der Waals surface area contributed by atoms with Crippen LogP contribution in [0.1, 0.15) is 36.7 Å². The number of aryl methyl sites for hydroxylation is 2. The summed E-state index contributed by atoms with van der Waals surface area (Å²) < 4.78 is 2.21. The molecule has 2 N–H and O–H groups in total. The van der Waals surface area contributed by atoms with E-state index in [0.29, 0.717) is 19.0 Å². The van der Waals surface area contributed by atoms with Crippen LogP contribution in [-0.4, -0.2) is 50.3 Å². The molecule has 0 spiro atoms. The van der Waals surface area contributed by atoms with Gasteiger partial charge in [0.1, 0.15) is 11.3 Å². The molecule has 30 heavy (non-hydrogen) atoms. The van der Waals surface area contributed by atoms with Gasteiger partial charge in [-0.15, -0.1) is 0 Å². The van der Waals surface area contributed by atoms with Gasteiger partial charge < -0.3 is 19.9 Å². The lowest BCUT2D eigenvalue weighted by Gasteiger charge is -2.30. The lowest BCUT2D eigenvalue weighted by molar-refractivity contribution is 0.126. The topological polar surface area (TPSA) is 83.3 Å². The number of aromatic nitrogens is 3. The zero-order valence-corrected chi connectivity index (χ0v) is 17.6. The zero-order chi connectivity index (χ0) is 21.1. The molecule has 0 atom stereocenters. The molecule has 0 aliphatic carbocycles. The Morgan fingerprint density at radius 3 is 2.60 bits per heavy atom. The molecule has 1 fully saturated rings. The third-order valence-electron chi connectivity index (χ3n) is 6.01. The number of likely N-dealkylation sites (tertiary alicyclic amines) is 1. The Morgan fingerprint density at radius 2 is 1.93 bits per heavy atom. The second-order valence-corrected chi connectivity index (χ2v) is 8.06. The minimum absolute atomic E-state index is 0.513. The van der Waals surface area contributed by atoms with Crippen LogP contribution < -0.4 is 5.32 Å². The second kappa shape index (κ2) is 8.73. The third-order valence-corrected chi connectivity index (χ3v) is 6.01. The lowest BCUT2D eigenvalue weighted by Crippen LogP contribution is -2.39. The molecule has 0 saturated carbocycles. The van der Waals surface area contributed by atoms with E-state index in [-0.39, 0.29) is 0 Å². The predicted molar refractivity (Wildman–Crippen MR) is 118 cm³/mol. The fraction of sp³-hybridized carbons (Fsp3) is 0.435. The van der Waals surface area contributed by atoms with Crippen LogP contribution in [0.15, 0.2) is 36.5 Å². The number of piperidine rings is 1. The molecule has 1 aromatic carbocycles. The van der Waals surface area contributed by atoms with Crippen LogP contribution >= 0.6 is 0 Å². The molecule has 3 heterocycles. The number of nitrogens with zero attached hydrogens (tertiary/aromatic N) is 4. The summed E-state index contributed by atoms with van der Waals surface area (Å²) in [4.78, 5) is 21.9. The molecule has 2 aromatic heterocycles. The third kappa shape index (κ3) is 4.25. The van der Waals surface area contributed by atoms with E-state index in [1.54, 1.807) is 0 Å². The van der Waals surface area contributed by atoms with Crippen LogP contribution in [0.3, 0.4) is 0 Å². The number of benzene rings is 1. The number of hydrogen-bond acceptors (Lipinski definition) is 4. The molecule has 7 heteroatoms. The van der Waals surface area contributed by atoms with Crippen LogP contribution in [0.4, 0.5) is 10.5 Å². The average molecular weight is 408 g/mol. The van der Waals surface area contributed by atoms with E-state index in [2.05, 4.69) is 53.0 Å². The second-order valence-electron chi connectivity index (χ2n) is 8.06. The molecule has 158 valence electrons. The molecule has 0 unspecified atom stereocenters. The van der Waals surface area contributed by atoms with Gasteiger partial charge in [-0.25, -0.2) is 14.8 Å². The SMILES string of the molecule is CCc1nc2c(C)ccnc2n1Cc1ccc(NCC2CCN(C(=O)O)CC2)cc1. The number of imidazole rings is 1.